The van der Waals surface area contributed by atoms with E-state index < -0.39 is 83.2 Å². The van der Waals surface area contributed by atoms with Gasteiger partial charge in [-0.1, -0.05) is 6.07 Å². The minimum absolute atomic E-state index is 0.0399. The number of aromatic nitrogens is 1. The van der Waals surface area contributed by atoms with E-state index in [-0.39, 0.29) is 38.2 Å². The zero-order chi connectivity index (χ0) is 30.0. The van der Waals surface area contributed by atoms with E-state index in [4.69, 9.17) is 10.4 Å². The summed E-state index contributed by atoms with van der Waals surface area (Å²) in [5.41, 5.74) is 4.03. The van der Waals surface area contributed by atoms with E-state index in [0.717, 1.165) is 17.2 Å². The summed E-state index contributed by atoms with van der Waals surface area (Å²) in [4.78, 5) is 67.9. The largest absolute Gasteiger partial charge is 0.547 e. The number of pyridine rings is 1. The van der Waals surface area contributed by atoms with Gasteiger partial charge >= 0.3 is 30.9 Å². The van der Waals surface area contributed by atoms with Crippen LogP contribution in [0.5, 0.6) is 11.5 Å². The van der Waals surface area contributed by atoms with Gasteiger partial charge in [0.2, 0.25) is 5.91 Å². The number of benzene rings is 1. The Labute approximate surface area is 230 Å². The predicted octanol–water partition coefficient (Wildman–Crippen LogP) is -1.72. The van der Waals surface area contributed by atoms with E-state index in [1.54, 1.807) is 0 Å². The summed E-state index contributed by atoms with van der Waals surface area (Å²) >= 11 is 0. The maximum atomic E-state index is 14.8. The summed E-state index contributed by atoms with van der Waals surface area (Å²) in [5.74, 6) is -9.70. The van der Waals surface area contributed by atoms with Crippen LogP contribution in [0.15, 0.2) is 24.4 Å². The molecule has 216 valence electrons. The molecular weight excluding hydrogens is 553 g/mol. The monoisotopic (exact) mass is 576 g/mol. The summed E-state index contributed by atoms with van der Waals surface area (Å²) in [6, 6.07) is -0.518. The summed E-state index contributed by atoms with van der Waals surface area (Å²) in [6.45, 7) is -0.150. The fraction of sp³-hybridized carbons (Fsp3) is 0.304. The van der Waals surface area contributed by atoms with Crippen molar-refractivity contribution in [3.8, 4) is 11.5 Å². The summed E-state index contributed by atoms with van der Waals surface area (Å²) in [5, 5.41) is 33.8. The number of amides is 5. The Morgan fingerprint density at radius 3 is 2.59 bits per heavy atom. The van der Waals surface area contributed by atoms with E-state index in [2.05, 4.69) is 15.6 Å². The Bertz CT molecular complexity index is 1430. The van der Waals surface area contributed by atoms with Crippen LogP contribution in [0.25, 0.3) is 0 Å². The summed E-state index contributed by atoms with van der Waals surface area (Å²) in [7, 11) is -1.89. The third-order valence-corrected chi connectivity index (χ3v) is 6.36. The molecule has 1 aromatic heterocycles. The average molecular weight is 576 g/mol. The van der Waals surface area contributed by atoms with Crippen LogP contribution in [0, 0.1) is 11.6 Å². The Morgan fingerprint density at radius 2 is 1.93 bits per heavy atom. The molecule has 2 atom stereocenters. The zero-order valence-corrected chi connectivity index (χ0v) is 21.0. The first-order valence-corrected chi connectivity index (χ1v) is 12.1. The van der Waals surface area contributed by atoms with E-state index in [0.29, 0.717) is 11.0 Å². The van der Waals surface area contributed by atoms with Crippen LogP contribution < -0.4 is 21.0 Å². The number of carbonyl (C=O) groups excluding carboxylic acids is 4. The molecule has 3 heterocycles. The Kier molecular flexibility index (Phi) is 8.34. The van der Waals surface area contributed by atoms with Crippen LogP contribution in [0.4, 0.5) is 13.6 Å². The number of hydrogen-bond donors (Lipinski definition) is 6. The lowest BCUT2D eigenvalue weighted by Crippen LogP contribution is -2.60. The highest BCUT2D eigenvalue weighted by molar-refractivity contribution is 6.47. The van der Waals surface area contributed by atoms with Crippen molar-refractivity contribution in [1.82, 2.24) is 25.4 Å². The van der Waals surface area contributed by atoms with E-state index >= 15 is 0 Å². The lowest BCUT2D eigenvalue weighted by atomic mass is 9.72. The number of aromatic carboxylic acids is 1. The number of piperazine rings is 1. The molecule has 0 aliphatic carbocycles. The first-order valence-electron chi connectivity index (χ1n) is 12.1. The SMILES string of the molecule is NCCN1CCN(C(=O)NC(C(=O)NC2Cc3ccc(F)c(C(=O)O)c3OB2O)c2ncc(O)cc2F)C(=O)C1=O. The Morgan fingerprint density at radius 1 is 1.20 bits per heavy atom. The highest BCUT2D eigenvalue weighted by Gasteiger charge is 2.42. The van der Waals surface area contributed by atoms with E-state index in [9.17, 15) is 48.0 Å². The quantitative estimate of drug-likeness (QED) is 0.161. The third kappa shape index (κ3) is 5.87. The van der Waals surface area contributed by atoms with Gasteiger partial charge in [-0.2, -0.15) is 0 Å². The van der Waals surface area contributed by atoms with Gasteiger partial charge in [-0.15, -0.1) is 0 Å². The second kappa shape index (κ2) is 11.7. The van der Waals surface area contributed by atoms with Crippen molar-refractivity contribution in [1.29, 1.82) is 0 Å². The molecule has 5 amide bonds. The molecule has 1 saturated heterocycles. The van der Waals surface area contributed by atoms with Crippen molar-refractivity contribution in [3.05, 3.63) is 52.9 Å². The number of fused-ring (bicyclic) bond motifs is 1. The molecule has 0 saturated carbocycles. The number of halogens is 2. The number of aromatic hydroxyl groups is 1. The van der Waals surface area contributed by atoms with Gasteiger partial charge in [-0.25, -0.2) is 18.4 Å². The van der Waals surface area contributed by atoms with Crippen molar-refractivity contribution in [2.24, 2.45) is 5.73 Å². The Hall–Kier alpha value is -4.84. The van der Waals surface area contributed by atoms with Crippen LogP contribution in [0.1, 0.15) is 27.7 Å². The molecule has 41 heavy (non-hydrogen) atoms. The molecule has 0 radical (unpaired) electrons. The van der Waals surface area contributed by atoms with Gasteiger partial charge in [0, 0.05) is 32.2 Å². The molecule has 0 bridgehead atoms. The number of carboxylic acids is 1. The fourth-order valence-corrected chi connectivity index (χ4v) is 4.37. The molecule has 2 aliphatic heterocycles. The maximum absolute atomic E-state index is 14.8. The van der Waals surface area contributed by atoms with E-state index in [1.165, 1.54) is 6.07 Å². The molecule has 1 fully saturated rings. The first kappa shape index (κ1) is 29.2. The second-order valence-corrected chi connectivity index (χ2v) is 9.02. The number of urea groups is 1. The van der Waals surface area contributed by atoms with Crippen LogP contribution in [-0.2, 0) is 20.8 Å². The predicted molar refractivity (Wildman–Crippen MR) is 132 cm³/mol. The molecule has 1 aromatic carbocycles. The van der Waals surface area contributed by atoms with Gasteiger partial charge in [0.15, 0.2) is 11.9 Å². The maximum Gasteiger partial charge on any atom is 0.547 e. The minimum Gasteiger partial charge on any atom is -0.534 e. The van der Waals surface area contributed by atoms with Crippen LogP contribution in [-0.4, -0.2) is 99.0 Å². The number of nitrogens with two attached hydrogens (primary N) is 1. The van der Waals surface area contributed by atoms with Gasteiger partial charge in [0.05, 0.1) is 12.1 Å². The van der Waals surface area contributed by atoms with Crippen molar-refractivity contribution < 1.29 is 52.6 Å². The number of carbonyl (C=O) groups is 5. The van der Waals surface area contributed by atoms with Crippen molar-refractivity contribution in [2.75, 3.05) is 26.2 Å². The number of rotatable bonds is 7. The highest BCUT2D eigenvalue weighted by Crippen LogP contribution is 2.32. The van der Waals surface area contributed by atoms with Gasteiger partial charge in [-0.05, 0) is 18.1 Å². The van der Waals surface area contributed by atoms with Gasteiger partial charge in [0.1, 0.15) is 28.6 Å². The normalized spacial score (nSPS) is 17.5. The minimum atomic E-state index is -1.95. The lowest BCUT2D eigenvalue weighted by Gasteiger charge is -2.33. The summed E-state index contributed by atoms with van der Waals surface area (Å²) in [6.07, 6.45) is 0.535. The second-order valence-electron chi connectivity index (χ2n) is 9.02. The molecule has 2 aliphatic rings. The van der Waals surface area contributed by atoms with Crippen molar-refractivity contribution >= 4 is 36.8 Å². The lowest BCUT2D eigenvalue weighted by molar-refractivity contribution is -0.153. The molecule has 4 rings (SSSR count). The van der Waals surface area contributed by atoms with Crippen molar-refractivity contribution in [2.45, 2.75) is 18.4 Å². The number of imide groups is 1. The third-order valence-electron chi connectivity index (χ3n) is 6.36. The molecule has 7 N–H and O–H groups in total. The number of nitrogens with zero attached hydrogens (tertiary/aromatic N) is 3. The molecule has 15 nitrogen and oxygen atoms in total. The Balaban J connectivity index is 1.58. The summed E-state index contributed by atoms with van der Waals surface area (Å²) < 4.78 is 34.0. The smallest absolute Gasteiger partial charge is 0.534 e. The number of hydrogen-bond acceptors (Lipinski definition) is 10. The molecule has 18 heteroatoms. The molecule has 2 unspecified atom stereocenters. The van der Waals surface area contributed by atoms with Gasteiger partial charge in [-0.3, -0.25) is 24.3 Å². The van der Waals surface area contributed by atoms with Gasteiger partial charge < -0.3 is 41.2 Å². The van der Waals surface area contributed by atoms with E-state index in [1.807, 2.05) is 0 Å². The topological polar surface area (TPSA) is 225 Å². The van der Waals surface area contributed by atoms with Crippen molar-refractivity contribution in [3.63, 3.8) is 0 Å². The molecular formula is C23H23BF2N6O9. The standard InChI is InChI=1S/C23H23BF2N6O9/c25-12-2-1-10-7-14(24(40)41-18(10)15(12)22(37)38)29-19(34)17(16-13(26)8-11(33)9-28-16)30-23(39)32-6-5-31(4-3-27)20(35)21(32)36/h1-2,8-9,14,17,33,40H,3-7,27H2,(H,29,34)(H,30,39)(H,37,38). The fourth-order valence-electron chi connectivity index (χ4n) is 4.37. The zero-order valence-electron chi connectivity index (χ0n) is 21.0. The van der Waals surface area contributed by atoms with Crippen LogP contribution in [0.2, 0.25) is 0 Å². The molecule has 2 aromatic rings. The van der Waals surface area contributed by atoms with Crippen LogP contribution >= 0.6 is 0 Å². The van der Waals surface area contributed by atoms with Crippen LogP contribution in [0.3, 0.4) is 0 Å². The number of nitrogens with one attached hydrogen (secondary N) is 2. The number of carboxylic acid groups (broad SMARTS) is 1. The highest BCUT2D eigenvalue weighted by atomic mass is 19.1. The first-order chi connectivity index (χ1) is 19.4. The average Bonchev–Trinajstić information content (AvgIpc) is 2.90. The molecule has 0 spiro atoms. The van der Waals surface area contributed by atoms with Gasteiger partial charge in [0.25, 0.3) is 0 Å².